The molecule has 1 amide bonds. The Morgan fingerprint density at radius 3 is 2.81 bits per heavy atom. The number of ether oxygens (including phenoxy) is 1. The molecular weight excluding hydrogens is 330 g/mol. The van der Waals surface area contributed by atoms with E-state index in [1.54, 1.807) is 29.9 Å². The summed E-state index contributed by atoms with van der Waals surface area (Å²) in [5.74, 6) is 1.39. The fourth-order valence-electron chi connectivity index (χ4n) is 3.25. The van der Waals surface area contributed by atoms with E-state index in [0.717, 1.165) is 36.5 Å². The van der Waals surface area contributed by atoms with Crippen molar-refractivity contribution in [3.05, 3.63) is 69.8 Å². The van der Waals surface area contributed by atoms with Crippen LogP contribution in [0.25, 0.3) is 10.9 Å². The molecule has 0 radical (unpaired) electrons. The standard InChI is InChI=1S/C20H19N3O3/c1-26-15-7-4-13(5-8-15)12-21-19(24)14-6-9-16-17(11-14)22-18-3-2-10-23(18)20(16)25/h4-9,11H,2-3,10,12H2,1H3,(H,21,24). The van der Waals surface area contributed by atoms with Gasteiger partial charge in [-0.1, -0.05) is 12.1 Å². The third-order valence-corrected chi connectivity index (χ3v) is 4.69. The molecule has 2 heterocycles. The molecule has 1 aliphatic heterocycles. The van der Waals surface area contributed by atoms with Crippen LogP contribution in [-0.2, 0) is 19.5 Å². The van der Waals surface area contributed by atoms with Crippen LogP contribution in [0, 0.1) is 0 Å². The lowest BCUT2D eigenvalue weighted by Gasteiger charge is -2.08. The highest BCUT2D eigenvalue weighted by molar-refractivity contribution is 5.97. The van der Waals surface area contributed by atoms with Crippen LogP contribution >= 0.6 is 0 Å². The van der Waals surface area contributed by atoms with Crippen molar-refractivity contribution in [2.45, 2.75) is 25.9 Å². The van der Waals surface area contributed by atoms with E-state index < -0.39 is 0 Å². The van der Waals surface area contributed by atoms with Crippen LogP contribution < -0.4 is 15.6 Å². The van der Waals surface area contributed by atoms with Gasteiger partial charge in [0.1, 0.15) is 11.6 Å². The molecule has 1 N–H and O–H groups in total. The number of amides is 1. The third-order valence-electron chi connectivity index (χ3n) is 4.69. The third kappa shape index (κ3) is 2.94. The van der Waals surface area contributed by atoms with Gasteiger partial charge in [-0.3, -0.25) is 14.2 Å². The van der Waals surface area contributed by atoms with Crippen LogP contribution in [0.3, 0.4) is 0 Å². The van der Waals surface area contributed by atoms with Gasteiger partial charge in [0.15, 0.2) is 0 Å². The van der Waals surface area contributed by atoms with Crippen LogP contribution in [-0.4, -0.2) is 22.6 Å². The van der Waals surface area contributed by atoms with Crippen molar-refractivity contribution in [3.8, 4) is 5.75 Å². The predicted octanol–water partition coefficient (Wildman–Crippen LogP) is 2.28. The fourth-order valence-corrected chi connectivity index (χ4v) is 3.25. The van der Waals surface area contributed by atoms with Gasteiger partial charge in [0, 0.05) is 25.1 Å². The molecule has 6 heteroatoms. The van der Waals surface area contributed by atoms with Gasteiger partial charge < -0.3 is 10.1 Å². The minimum Gasteiger partial charge on any atom is -0.497 e. The number of nitrogens with one attached hydrogen (secondary N) is 1. The number of carbonyl (C=O) groups is 1. The number of nitrogens with zero attached hydrogens (tertiary/aromatic N) is 2. The number of rotatable bonds is 4. The number of methoxy groups -OCH3 is 1. The number of carbonyl (C=O) groups excluding carboxylic acids is 1. The zero-order valence-corrected chi connectivity index (χ0v) is 14.5. The highest BCUT2D eigenvalue weighted by Gasteiger charge is 2.17. The SMILES string of the molecule is COc1ccc(CNC(=O)c2ccc3c(=O)n4c(nc3c2)CCC4)cc1. The van der Waals surface area contributed by atoms with Crippen molar-refractivity contribution >= 4 is 16.8 Å². The zero-order valence-electron chi connectivity index (χ0n) is 14.5. The molecule has 0 atom stereocenters. The molecule has 2 aromatic carbocycles. The van der Waals surface area contributed by atoms with Crippen LogP contribution in [0.5, 0.6) is 5.75 Å². The van der Waals surface area contributed by atoms with Crippen LogP contribution in [0.1, 0.15) is 28.2 Å². The largest absolute Gasteiger partial charge is 0.497 e. The Morgan fingerprint density at radius 1 is 1.23 bits per heavy atom. The van der Waals surface area contributed by atoms with E-state index in [1.807, 2.05) is 24.3 Å². The van der Waals surface area contributed by atoms with Gasteiger partial charge in [0.05, 0.1) is 18.0 Å². The summed E-state index contributed by atoms with van der Waals surface area (Å²) in [5.41, 5.74) is 2.04. The normalized spacial score (nSPS) is 12.8. The van der Waals surface area contributed by atoms with E-state index in [0.29, 0.717) is 23.0 Å². The van der Waals surface area contributed by atoms with Crippen molar-refractivity contribution in [2.24, 2.45) is 0 Å². The molecule has 26 heavy (non-hydrogen) atoms. The van der Waals surface area contributed by atoms with Gasteiger partial charge in [-0.15, -0.1) is 0 Å². The van der Waals surface area contributed by atoms with E-state index in [9.17, 15) is 9.59 Å². The van der Waals surface area contributed by atoms with Gasteiger partial charge in [-0.05, 0) is 42.3 Å². The van der Waals surface area contributed by atoms with Gasteiger partial charge in [-0.25, -0.2) is 4.98 Å². The highest BCUT2D eigenvalue weighted by Crippen LogP contribution is 2.16. The van der Waals surface area contributed by atoms with E-state index in [4.69, 9.17) is 4.74 Å². The van der Waals surface area contributed by atoms with Crippen LogP contribution in [0.15, 0.2) is 47.3 Å². The van der Waals surface area contributed by atoms with Gasteiger partial charge in [0.25, 0.3) is 11.5 Å². The predicted molar refractivity (Wildman–Crippen MR) is 98.5 cm³/mol. The lowest BCUT2D eigenvalue weighted by Crippen LogP contribution is -2.24. The molecule has 1 aromatic heterocycles. The Hall–Kier alpha value is -3.15. The molecule has 0 aliphatic carbocycles. The highest BCUT2D eigenvalue weighted by atomic mass is 16.5. The summed E-state index contributed by atoms with van der Waals surface area (Å²) in [6.45, 7) is 1.14. The number of hydrogen-bond donors (Lipinski definition) is 1. The second kappa shape index (κ2) is 6.63. The van der Waals surface area contributed by atoms with E-state index in [-0.39, 0.29) is 11.5 Å². The summed E-state index contributed by atoms with van der Waals surface area (Å²) in [5, 5.41) is 3.45. The lowest BCUT2D eigenvalue weighted by atomic mass is 10.1. The van der Waals surface area contributed by atoms with Crippen molar-refractivity contribution in [1.82, 2.24) is 14.9 Å². The molecule has 0 unspecified atom stereocenters. The summed E-state index contributed by atoms with van der Waals surface area (Å²) in [7, 11) is 1.62. The summed E-state index contributed by atoms with van der Waals surface area (Å²) in [6, 6.07) is 12.6. The first-order valence-corrected chi connectivity index (χ1v) is 8.60. The molecule has 6 nitrogen and oxygen atoms in total. The van der Waals surface area contributed by atoms with Gasteiger partial charge in [0.2, 0.25) is 0 Å². The smallest absolute Gasteiger partial charge is 0.261 e. The Morgan fingerprint density at radius 2 is 2.04 bits per heavy atom. The van der Waals surface area contributed by atoms with Crippen LogP contribution in [0.4, 0.5) is 0 Å². The first-order valence-electron chi connectivity index (χ1n) is 8.60. The van der Waals surface area contributed by atoms with Crippen LogP contribution in [0.2, 0.25) is 0 Å². The monoisotopic (exact) mass is 349 g/mol. The van der Waals surface area contributed by atoms with E-state index in [2.05, 4.69) is 10.3 Å². The average molecular weight is 349 g/mol. The Bertz CT molecular complexity index is 1040. The molecule has 0 fully saturated rings. The Balaban J connectivity index is 1.55. The molecule has 0 spiro atoms. The molecule has 0 bridgehead atoms. The number of benzene rings is 2. The lowest BCUT2D eigenvalue weighted by molar-refractivity contribution is 0.0951. The summed E-state index contributed by atoms with van der Waals surface area (Å²) < 4.78 is 6.85. The van der Waals surface area contributed by atoms with Crippen molar-refractivity contribution in [3.63, 3.8) is 0 Å². The molecular formula is C20H19N3O3. The number of aromatic nitrogens is 2. The maximum absolute atomic E-state index is 12.5. The van der Waals surface area contributed by atoms with E-state index >= 15 is 0 Å². The van der Waals surface area contributed by atoms with Crippen molar-refractivity contribution < 1.29 is 9.53 Å². The Kier molecular flexibility index (Phi) is 4.16. The topological polar surface area (TPSA) is 73.2 Å². The molecule has 3 aromatic rings. The van der Waals surface area contributed by atoms with Gasteiger partial charge in [-0.2, -0.15) is 0 Å². The maximum Gasteiger partial charge on any atom is 0.261 e. The minimum atomic E-state index is -0.190. The van der Waals surface area contributed by atoms with Gasteiger partial charge >= 0.3 is 0 Å². The summed E-state index contributed by atoms with van der Waals surface area (Å²) in [6.07, 6.45) is 1.74. The molecule has 4 rings (SSSR count). The molecule has 1 aliphatic rings. The molecule has 0 saturated heterocycles. The molecule has 0 saturated carbocycles. The first kappa shape index (κ1) is 16.3. The summed E-state index contributed by atoms with van der Waals surface area (Å²) >= 11 is 0. The summed E-state index contributed by atoms with van der Waals surface area (Å²) in [4.78, 5) is 29.5. The maximum atomic E-state index is 12.5. The zero-order chi connectivity index (χ0) is 18.1. The van der Waals surface area contributed by atoms with Crippen molar-refractivity contribution in [1.29, 1.82) is 0 Å². The number of fused-ring (bicyclic) bond motifs is 2. The Labute approximate surface area is 150 Å². The number of aryl methyl sites for hydroxylation is 1. The average Bonchev–Trinajstić information content (AvgIpc) is 3.15. The fraction of sp³-hybridized carbons (Fsp3) is 0.250. The van der Waals surface area contributed by atoms with E-state index in [1.165, 1.54) is 0 Å². The number of hydrogen-bond acceptors (Lipinski definition) is 4. The second-order valence-electron chi connectivity index (χ2n) is 6.35. The first-order chi connectivity index (χ1) is 12.7. The minimum absolute atomic E-state index is 0.0207. The molecule has 132 valence electrons. The second-order valence-corrected chi connectivity index (χ2v) is 6.35. The quantitative estimate of drug-likeness (QED) is 0.784. The van der Waals surface area contributed by atoms with Crippen molar-refractivity contribution in [2.75, 3.05) is 7.11 Å².